The molecule has 1 N–H and O–H groups in total. The molecule has 4 aromatic rings. The van der Waals surface area contributed by atoms with Crippen LogP contribution in [0.25, 0.3) is 11.0 Å². The number of ether oxygens (including phenoxy) is 4. The van der Waals surface area contributed by atoms with Crippen LogP contribution in [0.2, 0.25) is 0 Å². The molecule has 0 radical (unpaired) electrons. The molecule has 0 aliphatic rings. The number of nitrogens with zero attached hydrogens (tertiary/aromatic N) is 3. The van der Waals surface area contributed by atoms with Crippen molar-refractivity contribution in [1.29, 1.82) is 0 Å². The molecule has 1 amide bonds. The van der Waals surface area contributed by atoms with Crippen LogP contribution in [0.3, 0.4) is 0 Å². The summed E-state index contributed by atoms with van der Waals surface area (Å²) in [6, 6.07) is 18.8. The first-order valence-electron chi connectivity index (χ1n) is 11.2. The molecule has 186 valence electrons. The molecule has 36 heavy (non-hydrogen) atoms. The van der Waals surface area contributed by atoms with Crippen LogP contribution in [0.5, 0.6) is 23.0 Å². The Morgan fingerprint density at radius 3 is 2.28 bits per heavy atom. The number of carbonyl (C=O) groups is 1. The van der Waals surface area contributed by atoms with Gasteiger partial charge in [0.2, 0.25) is 0 Å². The third kappa shape index (κ3) is 5.41. The molecule has 9 nitrogen and oxygen atoms in total. The lowest BCUT2D eigenvalue weighted by atomic mass is 10.1. The van der Waals surface area contributed by atoms with Gasteiger partial charge >= 0.3 is 0 Å². The quantitative estimate of drug-likeness (QED) is 0.269. The highest BCUT2D eigenvalue weighted by atomic mass is 16.5. The average Bonchev–Trinajstić information content (AvgIpc) is 3.24. The summed E-state index contributed by atoms with van der Waals surface area (Å²) in [6.45, 7) is 0.0619. The predicted molar refractivity (Wildman–Crippen MR) is 137 cm³/mol. The van der Waals surface area contributed by atoms with Crippen molar-refractivity contribution < 1.29 is 23.7 Å². The largest absolute Gasteiger partial charge is 0.493 e. The fraction of sp³-hybridized carbons (Fsp3) is 0.222. The number of imidazole rings is 1. The monoisotopic (exact) mass is 488 g/mol. The fourth-order valence-corrected chi connectivity index (χ4v) is 3.90. The van der Waals surface area contributed by atoms with Crippen LogP contribution in [-0.4, -0.2) is 50.1 Å². The molecule has 9 heteroatoms. The Balaban J connectivity index is 1.53. The molecule has 0 saturated carbocycles. The highest BCUT2D eigenvalue weighted by Crippen LogP contribution is 2.29. The molecule has 1 heterocycles. The first-order valence-corrected chi connectivity index (χ1v) is 11.2. The van der Waals surface area contributed by atoms with Crippen LogP contribution in [0.15, 0.2) is 65.8 Å². The highest BCUT2D eigenvalue weighted by molar-refractivity contribution is 5.84. The standard InChI is InChI=1S/C27H28N4O5/c1-33-22-11-9-18(13-24(22)35-3)15-26-29-20-7-5-6-8-21(20)31(26)17-27(32)30-28-16-19-10-12-23(34-2)25(14-19)36-4/h5-14,16H,15,17H2,1-4H3,(H,30,32)/b28-16-. The maximum absolute atomic E-state index is 12.8. The number of carbonyl (C=O) groups excluding carboxylic acids is 1. The number of hydrazone groups is 1. The molecule has 0 saturated heterocycles. The van der Waals surface area contributed by atoms with Crippen molar-refractivity contribution in [3.05, 3.63) is 77.6 Å². The summed E-state index contributed by atoms with van der Waals surface area (Å²) in [7, 11) is 6.34. The fourth-order valence-electron chi connectivity index (χ4n) is 3.90. The first kappa shape index (κ1) is 24.6. The molecule has 0 spiro atoms. The van der Waals surface area contributed by atoms with Gasteiger partial charge in [0.15, 0.2) is 23.0 Å². The lowest BCUT2D eigenvalue weighted by Gasteiger charge is -2.11. The van der Waals surface area contributed by atoms with E-state index in [-0.39, 0.29) is 12.5 Å². The second kappa shape index (κ2) is 11.3. The van der Waals surface area contributed by atoms with E-state index < -0.39 is 0 Å². The molecule has 3 aromatic carbocycles. The zero-order valence-corrected chi connectivity index (χ0v) is 20.6. The molecule has 1 aromatic heterocycles. The number of benzene rings is 3. The molecule has 4 rings (SSSR count). The van der Waals surface area contributed by atoms with Gasteiger partial charge in [0.05, 0.1) is 45.7 Å². The lowest BCUT2D eigenvalue weighted by molar-refractivity contribution is -0.121. The normalized spacial score (nSPS) is 11.0. The van der Waals surface area contributed by atoms with E-state index >= 15 is 0 Å². The topological polar surface area (TPSA) is 96.2 Å². The van der Waals surface area contributed by atoms with Gasteiger partial charge < -0.3 is 23.5 Å². The summed E-state index contributed by atoms with van der Waals surface area (Å²) < 4.78 is 23.2. The third-order valence-electron chi connectivity index (χ3n) is 5.66. The maximum atomic E-state index is 12.8. The van der Waals surface area contributed by atoms with E-state index in [0.717, 1.165) is 28.0 Å². The molecular weight excluding hydrogens is 460 g/mol. The van der Waals surface area contributed by atoms with Crippen molar-refractivity contribution in [2.45, 2.75) is 13.0 Å². The highest BCUT2D eigenvalue weighted by Gasteiger charge is 2.15. The second-order valence-corrected chi connectivity index (χ2v) is 7.88. The van der Waals surface area contributed by atoms with E-state index in [0.29, 0.717) is 29.4 Å². The number of hydrogen-bond donors (Lipinski definition) is 1. The Morgan fingerprint density at radius 2 is 1.56 bits per heavy atom. The van der Waals surface area contributed by atoms with Crippen molar-refractivity contribution in [2.24, 2.45) is 5.10 Å². The van der Waals surface area contributed by atoms with Crippen LogP contribution < -0.4 is 24.4 Å². The van der Waals surface area contributed by atoms with Gasteiger partial charge in [0, 0.05) is 6.42 Å². The average molecular weight is 489 g/mol. The van der Waals surface area contributed by atoms with Gasteiger partial charge in [-0.2, -0.15) is 5.10 Å². The summed E-state index contributed by atoms with van der Waals surface area (Å²) in [5.74, 6) is 2.97. The Bertz CT molecular complexity index is 1400. The predicted octanol–water partition coefficient (Wildman–Crippen LogP) is 3.81. The van der Waals surface area contributed by atoms with E-state index in [4.69, 9.17) is 23.9 Å². The van der Waals surface area contributed by atoms with Gasteiger partial charge in [-0.3, -0.25) is 4.79 Å². The number of para-hydroxylation sites is 2. The van der Waals surface area contributed by atoms with Crippen molar-refractivity contribution in [2.75, 3.05) is 28.4 Å². The van der Waals surface area contributed by atoms with Crippen LogP contribution in [0.4, 0.5) is 0 Å². The molecule has 0 fully saturated rings. The van der Waals surface area contributed by atoms with Gasteiger partial charge in [0.25, 0.3) is 5.91 Å². The second-order valence-electron chi connectivity index (χ2n) is 7.88. The van der Waals surface area contributed by atoms with Crippen LogP contribution in [0, 0.1) is 0 Å². The van der Waals surface area contributed by atoms with Crippen LogP contribution >= 0.6 is 0 Å². The number of aromatic nitrogens is 2. The van der Waals surface area contributed by atoms with E-state index in [1.807, 2.05) is 53.1 Å². The lowest BCUT2D eigenvalue weighted by Crippen LogP contribution is -2.24. The van der Waals surface area contributed by atoms with E-state index in [1.54, 1.807) is 46.8 Å². The molecule has 0 bridgehead atoms. The molecule has 0 aliphatic heterocycles. The molecular formula is C27H28N4O5. The summed E-state index contributed by atoms with van der Waals surface area (Å²) in [6.07, 6.45) is 2.06. The van der Waals surface area contributed by atoms with E-state index in [1.165, 1.54) is 0 Å². The number of rotatable bonds is 10. The van der Waals surface area contributed by atoms with Crippen molar-refractivity contribution in [1.82, 2.24) is 15.0 Å². The SMILES string of the molecule is COc1ccc(/C=N\NC(=O)Cn2c(Cc3ccc(OC)c(OC)c3)nc3ccccc32)cc1OC. The smallest absolute Gasteiger partial charge is 0.260 e. The molecule has 0 unspecified atom stereocenters. The minimum absolute atomic E-state index is 0.0619. The summed E-state index contributed by atoms with van der Waals surface area (Å²) in [5.41, 5.74) is 6.02. The first-order chi connectivity index (χ1) is 17.6. The minimum atomic E-state index is -0.275. The Labute approximate surface area is 209 Å². The number of amides is 1. The van der Waals surface area contributed by atoms with Gasteiger partial charge in [-0.25, -0.2) is 10.4 Å². The zero-order valence-electron chi connectivity index (χ0n) is 20.6. The Morgan fingerprint density at radius 1 is 0.889 bits per heavy atom. The van der Waals surface area contributed by atoms with Gasteiger partial charge in [-0.15, -0.1) is 0 Å². The number of nitrogens with one attached hydrogen (secondary N) is 1. The number of hydrogen-bond acceptors (Lipinski definition) is 7. The molecule has 0 atom stereocenters. The van der Waals surface area contributed by atoms with Crippen LogP contribution in [-0.2, 0) is 17.8 Å². The van der Waals surface area contributed by atoms with Crippen LogP contribution in [0.1, 0.15) is 17.0 Å². The summed E-state index contributed by atoms with van der Waals surface area (Å²) in [4.78, 5) is 17.6. The maximum Gasteiger partial charge on any atom is 0.260 e. The number of fused-ring (bicyclic) bond motifs is 1. The summed E-state index contributed by atoms with van der Waals surface area (Å²) >= 11 is 0. The Kier molecular flexibility index (Phi) is 7.69. The molecule has 0 aliphatic carbocycles. The van der Waals surface area contributed by atoms with Gasteiger partial charge in [0.1, 0.15) is 12.4 Å². The number of methoxy groups -OCH3 is 4. The van der Waals surface area contributed by atoms with Gasteiger partial charge in [-0.1, -0.05) is 18.2 Å². The van der Waals surface area contributed by atoms with Gasteiger partial charge in [-0.05, 0) is 53.6 Å². The van der Waals surface area contributed by atoms with E-state index in [2.05, 4.69) is 10.5 Å². The zero-order chi connectivity index (χ0) is 25.5. The van der Waals surface area contributed by atoms with Crippen molar-refractivity contribution >= 4 is 23.2 Å². The van der Waals surface area contributed by atoms with Crippen molar-refractivity contribution in [3.63, 3.8) is 0 Å². The third-order valence-corrected chi connectivity index (χ3v) is 5.66. The summed E-state index contributed by atoms with van der Waals surface area (Å²) in [5, 5.41) is 4.10. The minimum Gasteiger partial charge on any atom is -0.493 e. The van der Waals surface area contributed by atoms with E-state index in [9.17, 15) is 4.79 Å². The van der Waals surface area contributed by atoms with Crippen molar-refractivity contribution in [3.8, 4) is 23.0 Å². The Hall–Kier alpha value is -4.53.